The molecule has 2 rings (SSSR count). The van der Waals surface area contributed by atoms with Gasteiger partial charge in [-0.05, 0) is 18.2 Å². The van der Waals surface area contributed by atoms with Crippen molar-refractivity contribution in [1.82, 2.24) is 4.90 Å². The lowest BCUT2D eigenvalue weighted by atomic mass is 10.1. The van der Waals surface area contributed by atoms with Gasteiger partial charge < -0.3 is 19.5 Å². The first-order chi connectivity index (χ1) is 10.0. The first kappa shape index (κ1) is 15.2. The van der Waals surface area contributed by atoms with Crippen LogP contribution in [-0.2, 0) is 9.53 Å². The lowest BCUT2D eigenvalue weighted by Crippen LogP contribution is -2.46. The molecule has 1 aliphatic rings. The second-order valence-electron chi connectivity index (χ2n) is 4.69. The third-order valence-electron chi connectivity index (χ3n) is 3.23. The number of methoxy groups -OCH3 is 1. The Morgan fingerprint density at radius 3 is 2.95 bits per heavy atom. The highest BCUT2D eigenvalue weighted by atomic mass is 19.1. The Morgan fingerprint density at radius 2 is 2.29 bits per heavy atom. The number of ether oxygens (including phenoxy) is 2. The number of rotatable bonds is 4. The SMILES string of the molecule is COc1cc(C(=O)N2CCOC(CC(=O)O)C2)ccc1F. The molecule has 0 aliphatic carbocycles. The van der Waals surface area contributed by atoms with E-state index in [1.165, 1.54) is 30.2 Å². The molecule has 1 saturated heterocycles. The Labute approximate surface area is 121 Å². The first-order valence-electron chi connectivity index (χ1n) is 6.47. The molecular formula is C14H16FNO5. The van der Waals surface area contributed by atoms with Gasteiger partial charge in [0.15, 0.2) is 11.6 Å². The van der Waals surface area contributed by atoms with Crippen molar-refractivity contribution < 1.29 is 28.6 Å². The Kier molecular flexibility index (Phi) is 4.74. The number of carboxylic acid groups (broad SMARTS) is 1. The number of carboxylic acids is 1. The summed E-state index contributed by atoms with van der Waals surface area (Å²) in [4.78, 5) is 24.6. The number of carbonyl (C=O) groups excluding carboxylic acids is 1. The summed E-state index contributed by atoms with van der Waals surface area (Å²) in [5.74, 6) is -1.82. The standard InChI is InChI=1S/C14H16FNO5/c1-20-12-6-9(2-3-11(12)15)14(19)16-4-5-21-10(8-16)7-13(17)18/h2-3,6,10H,4-5,7-8H2,1H3,(H,17,18). The summed E-state index contributed by atoms with van der Waals surface area (Å²) in [7, 11) is 1.32. The van der Waals surface area contributed by atoms with Gasteiger partial charge in [-0.2, -0.15) is 0 Å². The molecule has 21 heavy (non-hydrogen) atoms. The minimum Gasteiger partial charge on any atom is -0.494 e. The summed E-state index contributed by atoms with van der Waals surface area (Å²) < 4.78 is 23.5. The second kappa shape index (κ2) is 6.53. The molecule has 1 fully saturated rings. The molecule has 114 valence electrons. The van der Waals surface area contributed by atoms with Crippen LogP contribution in [0.4, 0.5) is 4.39 Å². The highest BCUT2D eigenvalue weighted by Crippen LogP contribution is 2.20. The van der Waals surface area contributed by atoms with Gasteiger partial charge in [-0.1, -0.05) is 0 Å². The van der Waals surface area contributed by atoms with Crippen molar-refractivity contribution in [3.05, 3.63) is 29.6 Å². The average molecular weight is 297 g/mol. The Morgan fingerprint density at radius 1 is 1.52 bits per heavy atom. The zero-order valence-corrected chi connectivity index (χ0v) is 11.5. The molecule has 1 N–H and O–H groups in total. The summed E-state index contributed by atoms with van der Waals surface area (Å²) in [5, 5.41) is 8.76. The van der Waals surface area contributed by atoms with Crippen molar-refractivity contribution in [1.29, 1.82) is 0 Å². The van der Waals surface area contributed by atoms with E-state index in [-0.39, 0.29) is 31.2 Å². The second-order valence-corrected chi connectivity index (χ2v) is 4.69. The van der Waals surface area contributed by atoms with Crippen LogP contribution >= 0.6 is 0 Å². The predicted molar refractivity (Wildman–Crippen MR) is 70.8 cm³/mol. The average Bonchev–Trinajstić information content (AvgIpc) is 2.46. The highest BCUT2D eigenvalue weighted by molar-refractivity contribution is 5.94. The largest absolute Gasteiger partial charge is 0.494 e. The molecule has 0 spiro atoms. The summed E-state index contributed by atoms with van der Waals surface area (Å²) in [5.41, 5.74) is 0.296. The van der Waals surface area contributed by atoms with Crippen molar-refractivity contribution >= 4 is 11.9 Å². The van der Waals surface area contributed by atoms with Gasteiger partial charge in [0.2, 0.25) is 0 Å². The monoisotopic (exact) mass is 297 g/mol. The summed E-state index contributed by atoms with van der Waals surface area (Å²) >= 11 is 0. The Balaban J connectivity index is 2.10. The Bertz CT molecular complexity index is 548. The van der Waals surface area contributed by atoms with E-state index in [9.17, 15) is 14.0 Å². The minimum absolute atomic E-state index is 0.00352. The molecule has 1 unspecified atom stereocenters. The molecule has 0 saturated carbocycles. The van der Waals surface area contributed by atoms with E-state index in [0.29, 0.717) is 12.1 Å². The van der Waals surface area contributed by atoms with Crippen molar-refractivity contribution in [2.45, 2.75) is 12.5 Å². The maximum atomic E-state index is 13.3. The number of aliphatic carboxylic acids is 1. The lowest BCUT2D eigenvalue weighted by molar-refractivity contribution is -0.141. The van der Waals surface area contributed by atoms with Gasteiger partial charge in [0.1, 0.15) is 0 Å². The van der Waals surface area contributed by atoms with Gasteiger partial charge in [0.05, 0.1) is 26.2 Å². The van der Waals surface area contributed by atoms with Crippen LogP contribution in [0.1, 0.15) is 16.8 Å². The molecule has 1 amide bonds. The minimum atomic E-state index is -0.974. The van der Waals surface area contributed by atoms with Crippen LogP contribution in [0, 0.1) is 5.82 Å². The third kappa shape index (κ3) is 3.69. The van der Waals surface area contributed by atoms with Gasteiger partial charge in [0, 0.05) is 18.7 Å². The van der Waals surface area contributed by atoms with Crippen molar-refractivity contribution in [2.24, 2.45) is 0 Å². The molecule has 0 bridgehead atoms. The van der Waals surface area contributed by atoms with E-state index in [4.69, 9.17) is 14.6 Å². The quantitative estimate of drug-likeness (QED) is 0.902. The summed E-state index contributed by atoms with van der Waals surface area (Å²) in [6.45, 7) is 0.849. The molecule has 1 aromatic carbocycles. The first-order valence-corrected chi connectivity index (χ1v) is 6.47. The van der Waals surface area contributed by atoms with E-state index in [1.54, 1.807) is 0 Å². The van der Waals surface area contributed by atoms with Gasteiger partial charge >= 0.3 is 5.97 Å². The molecular weight excluding hydrogens is 281 g/mol. The molecule has 6 nitrogen and oxygen atoms in total. The maximum Gasteiger partial charge on any atom is 0.306 e. The number of hydrogen-bond acceptors (Lipinski definition) is 4. The van der Waals surface area contributed by atoms with Gasteiger partial charge in [0.25, 0.3) is 5.91 Å². The van der Waals surface area contributed by atoms with E-state index in [0.717, 1.165) is 0 Å². The fraction of sp³-hybridized carbons (Fsp3) is 0.429. The van der Waals surface area contributed by atoms with Crippen LogP contribution in [0.25, 0.3) is 0 Å². The molecule has 0 aromatic heterocycles. The fourth-order valence-corrected chi connectivity index (χ4v) is 2.20. The summed E-state index contributed by atoms with van der Waals surface area (Å²) in [6, 6.07) is 3.88. The number of morpholine rings is 1. The zero-order chi connectivity index (χ0) is 15.4. The van der Waals surface area contributed by atoms with Gasteiger partial charge in [-0.25, -0.2) is 4.39 Å². The number of halogens is 1. The highest BCUT2D eigenvalue weighted by Gasteiger charge is 2.27. The zero-order valence-electron chi connectivity index (χ0n) is 11.5. The maximum absolute atomic E-state index is 13.3. The molecule has 1 heterocycles. The van der Waals surface area contributed by atoms with Crippen LogP contribution in [0.3, 0.4) is 0 Å². The third-order valence-corrected chi connectivity index (χ3v) is 3.23. The Hall–Kier alpha value is -2.15. The number of benzene rings is 1. The molecule has 1 atom stereocenters. The number of nitrogens with zero attached hydrogens (tertiary/aromatic N) is 1. The molecule has 0 radical (unpaired) electrons. The fourth-order valence-electron chi connectivity index (χ4n) is 2.20. The predicted octanol–water partition coefficient (Wildman–Crippen LogP) is 1.15. The van der Waals surface area contributed by atoms with E-state index < -0.39 is 17.9 Å². The van der Waals surface area contributed by atoms with E-state index in [2.05, 4.69) is 0 Å². The van der Waals surface area contributed by atoms with Crippen LogP contribution in [0.15, 0.2) is 18.2 Å². The summed E-state index contributed by atoms with van der Waals surface area (Å²) in [6.07, 6.45) is -0.682. The van der Waals surface area contributed by atoms with Gasteiger partial charge in [-0.3, -0.25) is 9.59 Å². The topological polar surface area (TPSA) is 76.1 Å². The molecule has 7 heteroatoms. The van der Waals surface area contributed by atoms with Gasteiger partial charge in [-0.15, -0.1) is 0 Å². The number of carbonyl (C=O) groups is 2. The van der Waals surface area contributed by atoms with E-state index >= 15 is 0 Å². The molecule has 1 aromatic rings. The molecule has 1 aliphatic heterocycles. The normalized spacial score (nSPS) is 18.4. The van der Waals surface area contributed by atoms with Crippen LogP contribution in [0.5, 0.6) is 5.75 Å². The van der Waals surface area contributed by atoms with E-state index in [1.807, 2.05) is 0 Å². The number of amides is 1. The van der Waals surface area contributed by atoms with Crippen molar-refractivity contribution in [3.8, 4) is 5.75 Å². The van der Waals surface area contributed by atoms with Crippen LogP contribution in [-0.4, -0.2) is 54.8 Å². The number of hydrogen-bond donors (Lipinski definition) is 1. The van der Waals surface area contributed by atoms with Crippen molar-refractivity contribution in [3.63, 3.8) is 0 Å². The van der Waals surface area contributed by atoms with Crippen molar-refractivity contribution in [2.75, 3.05) is 26.8 Å². The van der Waals surface area contributed by atoms with Crippen LogP contribution < -0.4 is 4.74 Å². The van der Waals surface area contributed by atoms with Crippen LogP contribution in [0.2, 0.25) is 0 Å². The lowest BCUT2D eigenvalue weighted by Gasteiger charge is -2.32. The smallest absolute Gasteiger partial charge is 0.306 e.